The molecule has 8 heteroatoms. The van der Waals surface area contributed by atoms with E-state index in [9.17, 15) is 17.6 Å². The zero-order valence-corrected chi connectivity index (χ0v) is 17.1. The molecule has 0 radical (unpaired) electrons. The summed E-state index contributed by atoms with van der Waals surface area (Å²) in [6.45, 7) is 0.494. The van der Waals surface area contributed by atoms with Gasteiger partial charge in [0.05, 0.1) is 17.1 Å². The largest absolute Gasteiger partial charge is 0.492 e. The first-order valence-electron chi connectivity index (χ1n) is 9.18. The third kappa shape index (κ3) is 5.15. The number of anilines is 1. The highest BCUT2D eigenvalue weighted by atomic mass is 32.2. The van der Waals surface area contributed by atoms with Gasteiger partial charge in [-0.25, -0.2) is 12.8 Å². The second-order valence-corrected chi connectivity index (χ2v) is 8.36. The molecule has 0 unspecified atom stereocenters. The van der Waals surface area contributed by atoms with E-state index in [2.05, 4.69) is 5.32 Å². The zero-order valence-electron chi connectivity index (χ0n) is 16.3. The third-order valence-electron chi connectivity index (χ3n) is 4.36. The average molecular weight is 428 g/mol. The molecule has 0 aromatic heterocycles. The van der Waals surface area contributed by atoms with Gasteiger partial charge in [0, 0.05) is 12.6 Å². The van der Waals surface area contributed by atoms with Gasteiger partial charge < -0.3 is 10.1 Å². The summed E-state index contributed by atoms with van der Waals surface area (Å²) in [5, 5.41) is 2.72. The number of hydrogen-bond acceptors (Lipinski definition) is 4. The van der Waals surface area contributed by atoms with Crippen molar-refractivity contribution >= 4 is 21.6 Å². The number of hydrogen-bond donors (Lipinski definition) is 1. The topological polar surface area (TPSA) is 75.7 Å². The van der Waals surface area contributed by atoms with E-state index >= 15 is 0 Å². The fourth-order valence-electron chi connectivity index (χ4n) is 2.68. The van der Waals surface area contributed by atoms with Gasteiger partial charge in [-0.05, 0) is 60.7 Å². The lowest BCUT2D eigenvalue weighted by molar-refractivity contribution is 0.0947. The highest BCUT2D eigenvalue weighted by Crippen LogP contribution is 2.22. The number of benzene rings is 3. The summed E-state index contributed by atoms with van der Waals surface area (Å²) < 4.78 is 44.8. The molecule has 0 heterocycles. The van der Waals surface area contributed by atoms with Crippen molar-refractivity contribution in [3.8, 4) is 5.75 Å². The smallest absolute Gasteiger partial charge is 0.264 e. The van der Waals surface area contributed by atoms with Gasteiger partial charge in [-0.1, -0.05) is 18.2 Å². The van der Waals surface area contributed by atoms with Crippen LogP contribution in [-0.2, 0) is 10.0 Å². The summed E-state index contributed by atoms with van der Waals surface area (Å²) in [7, 11) is -2.22. The minimum absolute atomic E-state index is 0.190. The number of halogens is 1. The Morgan fingerprint density at radius 2 is 1.60 bits per heavy atom. The van der Waals surface area contributed by atoms with Crippen molar-refractivity contribution in [2.45, 2.75) is 4.90 Å². The normalized spacial score (nSPS) is 11.0. The van der Waals surface area contributed by atoms with E-state index < -0.39 is 10.0 Å². The van der Waals surface area contributed by atoms with Gasteiger partial charge in [0.15, 0.2) is 0 Å². The number of sulfonamides is 1. The van der Waals surface area contributed by atoms with Gasteiger partial charge in [0.2, 0.25) is 0 Å². The van der Waals surface area contributed by atoms with Gasteiger partial charge in [0.25, 0.3) is 15.9 Å². The van der Waals surface area contributed by atoms with Crippen LogP contribution in [0.15, 0.2) is 83.8 Å². The monoisotopic (exact) mass is 428 g/mol. The van der Waals surface area contributed by atoms with Crippen LogP contribution in [0.2, 0.25) is 0 Å². The average Bonchev–Trinajstić information content (AvgIpc) is 2.78. The number of carbonyl (C=O) groups is 1. The number of amides is 1. The highest BCUT2D eigenvalue weighted by molar-refractivity contribution is 7.92. The van der Waals surface area contributed by atoms with Crippen molar-refractivity contribution in [1.82, 2.24) is 5.32 Å². The number of ether oxygens (including phenoxy) is 1. The van der Waals surface area contributed by atoms with Crippen LogP contribution in [0.25, 0.3) is 0 Å². The van der Waals surface area contributed by atoms with Gasteiger partial charge in [-0.2, -0.15) is 0 Å². The van der Waals surface area contributed by atoms with Gasteiger partial charge in [-0.15, -0.1) is 0 Å². The fourth-order valence-corrected chi connectivity index (χ4v) is 3.89. The highest BCUT2D eigenvalue weighted by Gasteiger charge is 2.21. The second-order valence-electron chi connectivity index (χ2n) is 6.39. The second kappa shape index (κ2) is 9.41. The van der Waals surface area contributed by atoms with Crippen LogP contribution in [0.1, 0.15) is 10.4 Å². The van der Waals surface area contributed by atoms with Crippen LogP contribution in [0.4, 0.5) is 10.1 Å². The van der Waals surface area contributed by atoms with E-state index in [-0.39, 0.29) is 29.8 Å². The Hall–Kier alpha value is -3.39. The molecule has 0 spiro atoms. The number of nitrogens with one attached hydrogen (secondary N) is 1. The van der Waals surface area contributed by atoms with Crippen LogP contribution < -0.4 is 14.4 Å². The standard InChI is InChI=1S/C22H21FN2O4S/c1-25(30(27,28)21-5-3-2-4-6-21)19-11-7-17(8-12-19)22(26)24-15-16-29-20-13-9-18(23)10-14-20/h2-14H,15-16H2,1H3,(H,24,26). The molecule has 0 saturated carbocycles. The van der Waals surface area contributed by atoms with E-state index in [1.807, 2.05) is 0 Å². The fraction of sp³-hybridized carbons (Fsp3) is 0.136. The summed E-state index contributed by atoms with van der Waals surface area (Å²) in [4.78, 5) is 12.4. The molecule has 156 valence electrons. The lowest BCUT2D eigenvalue weighted by Crippen LogP contribution is -2.28. The molecular weight excluding hydrogens is 407 g/mol. The summed E-state index contributed by atoms with van der Waals surface area (Å²) in [6.07, 6.45) is 0. The van der Waals surface area contributed by atoms with Crippen LogP contribution in [0, 0.1) is 5.82 Å². The lowest BCUT2D eigenvalue weighted by Gasteiger charge is -2.19. The zero-order chi connectivity index (χ0) is 21.6. The molecule has 0 aliphatic rings. The molecule has 1 amide bonds. The molecule has 0 aliphatic heterocycles. The molecule has 0 bridgehead atoms. The minimum Gasteiger partial charge on any atom is -0.492 e. The minimum atomic E-state index is -3.68. The SMILES string of the molecule is CN(c1ccc(C(=O)NCCOc2ccc(F)cc2)cc1)S(=O)(=O)c1ccccc1. The van der Waals surface area contributed by atoms with Gasteiger partial charge >= 0.3 is 0 Å². The Bertz CT molecular complexity index is 1090. The maximum Gasteiger partial charge on any atom is 0.264 e. The molecule has 3 rings (SSSR count). The summed E-state index contributed by atoms with van der Waals surface area (Å²) >= 11 is 0. The molecule has 0 atom stereocenters. The molecule has 0 saturated heterocycles. The van der Waals surface area contributed by atoms with Gasteiger partial charge in [0.1, 0.15) is 18.2 Å². The van der Waals surface area contributed by atoms with Gasteiger partial charge in [-0.3, -0.25) is 9.10 Å². The molecule has 0 fully saturated rings. The van der Waals surface area contributed by atoms with Crippen molar-refractivity contribution in [2.75, 3.05) is 24.5 Å². The summed E-state index contributed by atoms with van der Waals surface area (Å²) in [5.41, 5.74) is 0.834. The van der Waals surface area contributed by atoms with Crippen molar-refractivity contribution < 1.29 is 22.3 Å². The Labute approximate surface area is 175 Å². The Balaban J connectivity index is 1.55. The van der Waals surface area contributed by atoms with E-state index in [1.54, 1.807) is 42.5 Å². The predicted molar refractivity (Wildman–Crippen MR) is 113 cm³/mol. The molecule has 1 N–H and O–H groups in total. The molecule has 3 aromatic rings. The Kier molecular flexibility index (Phi) is 6.68. The van der Waals surface area contributed by atoms with Crippen LogP contribution >= 0.6 is 0 Å². The summed E-state index contributed by atoms with van der Waals surface area (Å²) in [5.74, 6) is -0.142. The van der Waals surface area contributed by atoms with Crippen molar-refractivity contribution in [1.29, 1.82) is 0 Å². The number of rotatable bonds is 8. The quantitative estimate of drug-likeness (QED) is 0.558. The Morgan fingerprint density at radius 1 is 0.967 bits per heavy atom. The van der Waals surface area contributed by atoms with Crippen molar-refractivity contribution in [3.05, 3.63) is 90.2 Å². The summed E-state index contributed by atoms with van der Waals surface area (Å²) in [6, 6.07) is 20.0. The Morgan fingerprint density at radius 3 is 2.23 bits per heavy atom. The molecular formula is C22H21FN2O4S. The predicted octanol–water partition coefficient (Wildman–Crippen LogP) is 3.46. The lowest BCUT2D eigenvalue weighted by atomic mass is 10.2. The first-order chi connectivity index (χ1) is 14.4. The molecule has 30 heavy (non-hydrogen) atoms. The molecule has 0 aliphatic carbocycles. The van der Waals surface area contributed by atoms with Crippen molar-refractivity contribution in [2.24, 2.45) is 0 Å². The third-order valence-corrected chi connectivity index (χ3v) is 6.16. The molecule has 3 aromatic carbocycles. The van der Waals surface area contributed by atoms with Crippen LogP contribution in [0.5, 0.6) is 5.75 Å². The first-order valence-corrected chi connectivity index (χ1v) is 10.6. The maximum absolute atomic E-state index is 12.8. The maximum atomic E-state index is 12.8. The van der Waals surface area contributed by atoms with E-state index in [0.717, 1.165) is 0 Å². The van der Waals surface area contributed by atoms with Crippen LogP contribution in [0.3, 0.4) is 0 Å². The van der Waals surface area contributed by atoms with E-state index in [4.69, 9.17) is 4.74 Å². The van der Waals surface area contributed by atoms with Crippen LogP contribution in [-0.4, -0.2) is 34.5 Å². The molecule has 6 nitrogen and oxygen atoms in total. The van der Waals surface area contributed by atoms with E-state index in [1.165, 1.54) is 47.8 Å². The van der Waals surface area contributed by atoms with Crippen molar-refractivity contribution in [3.63, 3.8) is 0 Å². The first kappa shape index (κ1) is 21.3. The number of nitrogens with zero attached hydrogens (tertiary/aromatic N) is 1. The number of carbonyl (C=O) groups excluding carboxylic acids is 1. The van der Waals surface area contributed by atoms with E-state index in [0.29, 0.717) is 17.0 Å².